The van der Waals surface area contributed by atoms with E-state index in [9.17, 15) is 0 Å². The summed E-state index contributed by atoms with van der Waals surface area (Å²) in [6.45, 7) is 5.02. The zero-order chi connectivity index (χ0) is 11.7. The lowest BCUT2D eigenvalue weighted by Gasteiger charge is -2.06. The Morgan fingerprint density at radius 3 is 2.19 bits per heavy atom. The molecule has 4 heteroatoms. The molecule has 16 heavy (non-hydrogen) atoms. The van der Waals surface area contributed by atoms with Crippen LogP contribution in [0.1, 0.15) is 16.7 Å². The molecule has 0 fully saturated rings. The summed E-state index contributed by atoms with van der Waals surface area (Å²) in [5.74, 6) is 0. The molecule has 0 saturated carbocycles. The fourth-order valence-corrected chi connectivity index (χ4v) is 2.95. The molecule has 0 unspecified atom stereocenters. The lowest BCUT2D eigenvalue weighted by molar-refractivity contribution is 0.666. The quantitative estimate of drug-likeness (QED) is 0.803. The molecule has 1 heterocycles. The van der Waals surface area contributed by atoms with Gasteiger partial charge in [-0.1, -0.05) is 29.3 Å². The normalized spacial score (nSPS) is 10.8. The molecule has 0 aliphatic carbocycles. The van der Waals surface area contributed by atoms with Gasteiger partial charge in [-0.3, -0.25) is 4.68 Å². The van der Waals surface area contributed by atoms with Gasteiger partial charge in [-0.25, -0.2) is 0 Å². The van der Waals surface area contributed by atoms with E-state index in [-0.39, 0.29) is 0 Å². The molecule has 0 saturated heterocycles. The van der Waals surface area contributed by atoms with Crippen molar-refractivity contribution in [3.8, 4) is 0 Å². The largest absolute Gasteiger partial charge is 0.253 e. The van der Waals surface area contributed by atoms with Gasteiger partial charge >= 0.3 is 0 Å². The van der Waals surface area contributed by atoms with Crippen LogP contribution in [0.15, 0.2) is 33.5 Å². The Bertz CT molecular complexity index is 497. The molecular formula is C12H12Br2N2. The third kappa shape index (κ3) is 2.74. The van der Waals surface area contributed by atoms with E-state index >= 15 is 0 Å². The summed E-state index contributed by atoms with van der Waals surface area (Å²) < 4.78 is 3.76. The number of aryl methyl sites for hydroxylation is 2. The van der Waals surface area contributed by atoms with Gasteiger partial charge < -0.3 is 0 Å². The van der Waals surface area contributed by atoms with E-state index in [1.165, 1.54) is 16.7 Å². The zero-order valence-corrected chi connectivity index (χ0v) is 12.3. The number of hydrogen-bond acceptors (Lipinski definition) is 1. The molecule has 2 aromatic rings. The van der Waals surface area contributed by atoms with Gasteiger partial charge in [0.25, 0.3) is 0 Å². The van der Waals surface area contributed by atoms with Crippen LogP contribution in [0.4, 0.5) is 0 Å². The van der Waals surface area contributed by atoms with Gasteiger partial charge in [-0.15, -0.1) is 0 Å². The Balaban J connectivity index is 2.30. The standard InChI is InChI=1S/C12H12Br2N2/c1-8-3-9(2)5-10(4-8)7-16-12(14)6-11(13)15-16/h3-6H,7H2,1-2H3. The lowest BCUT2D eigenvalue weighted by atomic mass is 10.1. The molecule has 84 valence electrons. The molecule has 0 aliphatic rings. The molecule has 1 aromatic carbocycles. The summed E-state index contributed by atoms with van der Waals surface area (Å²) in [5.41, 5.74) is 3.85. The molecule has 0 N–H and O–H groups in total. The van der Waals surface area contributed by atoms with Crippen molar-refractivity contribution in [2.45, 2.75) is 20.4 Å². The number of aromatic nitrogens is 2. The van der Waals surface area contributed by atoms with Gasteiger partial charge in [0.1, 0.15) is 9.21 Å². The molecule has 0 atom stereocenters. The number of nitrogens with zero attached hydrogens (tertiary/aromatic N) is 2. The average molecular weight is 344 g/mol. The second-order valence-corrected chi connectivity index (χ2v) is 5.57. The minimum atomic E-state index is 0.786. The van der Waals surface area contributed by atoms with Crippen molar-refractivity contribution in [2.24, 2.45) is 0 Å². The Morgan fingerprint density at radius 1 is 1.06 bits per heavy atom. The fourth-order valence-electron chi connectivity index (χ4n) is 1.81. The van der Waals surface area contributed by atoms with Gasteiger partial charge in [0.05, 0.1) is 6.54 Å². The average Bonchev–Trinajstić information content (AvgIpc) is 2.43. The molecule has 0 aliphatic heterocycles. The van der Waals surface area contributed by atoms with Crippen molar-refractivity contribution in [3.05, 3.63) is 50.2 Å². The van der Waals surface area contributed by atoms with Gasteiger partial charge in [0.2, 0.25) is 0 Å². The third-order valence-corrected chi connectivity index (χ3v) is 3.34. The predicted octanol–water partition coefficient (Wildman–Crippen LogP) is 4.07. The van der Waals surface area contributed by atoms with Gasteiger partial charge in [-0.2, -0.15) is 5.10 Å². The molecule has 2 nitrogen and oxygen atoms in total. The Labute approximate surface area is 112 Å². The van der Waals surface area contributed by atoms with E-state index < -0.39 is 0 Å². The summed E-state index contributed by atoms with van der Waals surface area (Å²) in [7, 11) is 0. The van der Waals surface area contributed by atoms with Crippen molar-refractivity contribution in [3.63, 3.8) is 0 Å². The maximum absolute atomic E-state index is 4.35. The summed E-state index contributed by atoms with van der Waals surface area (Å²) in [6, 6.07) is 8.50. The van der Waals surface area contributed by atoms with Crippen molar-refractivity contribution < 1.29 is 0 Å². The summed E-state index contributed by atoms with van der Waals surface area (Å²) in [6.07, 6.45) is 0. The molecular weight excluding hydrogens is 332 g/mol. The summed E-state index contributed by atoms with van der Waals surface area (Å²) in [4.78, 5) is 0. The van der Waals surface area contributed by atoms with Crippen molar-refractivity contribution in [2.75, 3.05) is 0 Å². The number of rotatable bonds is 2. The van der Waals surface area contributed by atoms with Gasteiger partial charge in [0, 0.05) is 6.07 Å². The monoisotopic (exact) mass is 342 g/mol. The van der Waals surface area contributed by atoms with Crippen LogP contribution in [0.3, 0.4) is 0 Å². The first-order valence-corrected chi connectivity index (χ1v) is 6.59. The Hall–Kier alpha value is -0.610. The van der Waals surface area contributed by atoms with Crippen LogP contribution in [0.25, 0.3) is 0 Å². The van der Waals surface area contributed by atoms with Crippen molar-refractivity contribution in [1.29, 1.82) is 0 Å². The Kier molecular flexibility index (Phi) is 3.50. The van der Waals surface area contributed by atoms with E-state index in [0.717, 1.165) is 15.8 Å². The second kappa shape index (κ2) is 4.72. The zero-order valence-electron chi connectivity index (χ0n) is 9.17. The number of hydrogen-bond donors (Lipinski definition) is 0. The molecule has 2 rings (SSSR count). The highest BCUT2D eigenvalue weighted by atomic mass is 79.9. The van der Waals surface area contributed by atoms with Crippen LogP contribution in [0.2, 0.25) is 0 Å². The molecule has 0 spiro atoms. The van der Waals surface area contributed by atoms with Crippen LogP contribution < -0.4 is 0 Å². The molecule has 0 radical (unpaired) electrons. The maximum Gasteiger partial charge on any atom is 0.129 e. The maximum atomic E-state index is 4.35. The van der Waals surface area contributed by atoms with E-state index in [1.807, 2.05) is 10.7 Å². The number of benzene rings is 1. The van der Waals surface area contributed by atoms with Crippen LogP contribution >= 0.6 is 31.9 Å². The first kappa shape index (κ1) is 11.9. The van der Waals surface area contributed by atoms with Crippen molar-refractivity contribution >= 4 is 31.9 Å². The van der Waals surface area contributed by atoms with E-state index in [1.54, 1.807) is 0 Å². The van der Waals surface area contributed by atoms with Crippen LogP contribution in [-0.2, 0) is 6.54 Å². The predicted molar refractivity (Wildman–Crippen MR) is 72.6 cm³/mol. The minimum absolute atomic E-state index is 0.786. The highest BCUT2D eigenvalue weighted by molar-refractivity contribution is 9.11. The topological polar surface area (TPSA) is 17.8 Å². The van der Waals surface area contributed by atoms with Crippen molar-refractivity contribution in [1.82, 2.24) is 9.78 Å². The highest BCUT2D eigenvalue weighted by Gasteiger charge is 2.04. The summed E-state index contributed by atoms with van der Waals surface area (Å²) in [5, 5.41) is 4.35. The van der Waals surface area contributed by atoms with Crippen LogP contribution in [0.5, 0.6) is 0 Å². The molecule has 0 amide bonds. The molecule has 1 aromatic heterocycles. The molecule has 0 bridgehead atoms. The second-order valence-electron chi connectivity index (χ2n) is 3.94. The highest BCUT2D eigenvalue weighted by Crippen LogP contribution is 2.18. The third-order valence-electron chi connectivity index (χ3n) is 2.31. The van der Waals surface area contributed by atoms with E-state index in [0.29, 0.717) is 0 Å². The first-order valence-electron chi connectivity index (χ1n) is 5.00. The number of halogens is 2. The smallest absolute Gasteiger partial charge is 0.129 e. The first-order chi connectivity index (χ1) is 7.54. The SMILES string of the molecule is Cc1cc(C)cc(Cn2nc(Br)cc2Br)c1. The Morgan fingerprint density at radius 2 is 1.69 bits per heavy atom. The van der Waals surface area contributed by atoms with Gasteiger partial charge in [0.15, 0.2) is 0 Å². The minimum Gasteiger partial charge on any atom is -0.253 e. The van der Waals surface area contributed by atoms with E-state index in [2.05, 4.69) is 69.0 Å². The lowest BCUT2D eigenvalue weighted by Crippen LogP contribution is -2.02. The fraction of sp³-hybridized carbons (Fsp3) is 0.250. The van der Waals surface area contributed by atoms with E-state index in [4.69, 9.17) is 0 Å². The summed E-state index contributed by atoms with van der Waals surface area (Å²) >= 11 is 6.85. The van der Waals surface area contributed by atoms with Crippen LogP contribution in [0, 0.1) is 13.8 Å². The van der Waals surface area contributed by atoms with Gasteiger partial charge in [-0.05, 0) is 51.3 Å². The van der Waals surface area contributed by atoms with Crippen LogP contribution in [-0.4, -0.2) is 9.78 Å².